The number of likely N-dealkylation sites (tertiary alicyclic amines) is 1. The van der Waals surface area contributed by atoms with E-state index < -0.39 is 17.7 Å². The number of hydrogen-bond acceptors (Lipinski definition) is 4. The van der Waals surface area contributed by atoms with Crippen LogP contribution in [0.1, 0.15) is 40.3 Å². The topological polar surface area (TPSA) is 60.9 Å². The number of aliphatic hydroxyl groups excluding tert-OH is 1. The molecule has 1 aliphatic heterocycles. The highest BCUT2D eigenvalue weighted by Gasteiger charge is 2.45. The Morgan fingerprint density at radius 3 is 2.40 bits per heavy atom. The monoisotopic (exact) mass is 406 g/mol. The van der Waals surface area contributed by atoms with Gasteiger partial charge in [-0.3, -0.25) is 9.59 Å². The molecule has 0 saturated carbocycles. The number of amides is 1. The lowest BCUT2D eigenvalue weighted by molar-refractivity contribution is -0.139. The molecule has 0 radical (unpaired) electrons. The van der Waals surface area contributed by atoms with E-state index in [0.717, 1.165) is 35.2 Å². The maximum atomic E-state index is 13.1. The zero-order chi connectivity index (χ0) is 22.0. The normalized spacial score (nSPS) is 18.5. The molecule has 0 aliphatic carbocycles. The fourth-order valence-electron chi connectivity index (χ4n) is 3.99. The molecule has 1 aliphatic rings. The summed E-state index contributed by atoms with van der Waals surface area (Å²) in [6.45, 7) is 7.06. The lowest BCUT2D eigenvalue weighted by Crippen LogP contribution is -2.32. The molecule has 1 saturated heterocycles. The van der Waals surface area contributed by atoms with Crippen molar-refractivity contribution in [2.75, 3.05) is 27.2 Å². The summed E-state index contributed by atoms with van der Waals surface area (Å²) in [6.07, 6.45) is 0.742. The van der Waals surface area contributed by atoms with Crippen LogP contribution in [0.5, 0.6) is 0 Å². The van der Waals surface area contributed by atoms with Crippen LogP contribution >= 0.6 is 0 Å². The van der Waals surface area contributed by atoms with Crippen molar-refractivity contribution in [3.8, 4) is 0 Å². The molecule has 1 fully saturated rings. The van der Waals surface area contributed by atoms with E-state index in [4.69, 9.17) is 0 Å². The molecule has 2 aromatic rings. The second-order valence-electron chi connectivity index (χ2n) is 8.38. The number of rotatable bonds is 6. The van der Waals surface area contributed by atoms with Gasteiger partial charge in [-0.05, 0) is 65.0 Å². The Labute approximate surface area is 178 Å². The Bertz CT molecular complexity index is 1010. The number of aryl methyl sites for hydroxylation is 3. The van der Waals surface area contributed by atoms with Crippen LogP contribution in [-0.2, 0) is 9.59 Å². The van der Waals surface area contributed by atoms with E-state index in [0.29, 0.717) is 12.1 Å². The molecule has 3 rings (SSSR count). The van der Waals surface area contributed by atoms with Gasteiger partial charge in [0, 0.05) is 12.1 Å². The molecule has 5 heteroatoms. The van der Waals surface area contributed by atoms with Gasteiger partial charge in [0.05, 0.1) is 11.6 Å². The summed E-state index contributed by atoms with van der Waals surface area (Å²) in [7, 11) is 3.96. The number of carbonyl (C=O) groups excluding carboxylic acids is 2. The number of aliphatic hydroxyl groups is 1. The molecule has 1 atom stereocenters. The van der Waals surface area contributed by atoms with E-state index in [1.54, 1.807) is 4.90 Å². The van der Waals surface area contributed by atoms with E-state index in [1.807, 2.05) is 82.2 Å². The van der Waals surface area contributed by atoms with Gasteiger partial charge in [-0.15, -0.1) is 0 Å². The minimum absolute atomic E-state index is 0.101. The Morgan fingerprint density at radius 2 is 1.73 bits per heavy atom. The van der Waals surface area contributed by atoms with Crippen LogP contribution in [0, 0.1) is 20.8 Å². The largest absolute Gasteiger partial charge is 0.507 e. The summed E-state index contributed by atoms with van der Waals surface area (Å²) in [5.74, 6) is -1.27. The summed E-state index contributed by atoms with van der Waals surface area (Å²) in [6, 6.07) is 12.9. The highest BCUT2D eigenvalue weighted by Crippen LogP contribution is 2.40. The van der Waals surface area contributed by atoms with Crippen LogP contribution in [0.25, 0.3) is 5.76 Å². The van der Waals surface area contributed by atoms with Crippen molar-refractivity contribution in [1.29, 1.82) is 0 Å². The zero-order valence-electron chi connectivity index (χ0n) is 18.4. The van der Waals surface area contributed by atoms with Crippen LogP contribution in [0.4, 0.5) is 0 Å². The van der Waals surface area contributed by atoms with Gasteiger partial charge >= 0.3 is 0 Å². The van der Waals surface area contributed by atoms with Crippen LogP contribution in [0.15, 0.2) is 48.0 Å². The molecule has 0 aromatic heterocycles. The standard InChI is InChI=1S/C25H30N2O3/c1-16-8-6-9-19(14-16)22-21(23(28)20-15-17(2)10-11-18(20)3)24(29)25(30)27(22)13-7-12-26(4)5/h6,8-11,14-15,22,28H,7,12-13H2,1-5H3/b23-21+. The molecule has 1 amide bonds. The van der Waals surface area contributed by atoms with Crippen LogP contribution in [-0.4, -0.2) is 53.8 Å². The fourth-order valence-corrected chi connectivity index (χ4v) is 3.99. The van der Waals surface area contributed by atoms with Crippen molar-refractivity contribution in [2.24, 2.45) is 0 Å². The van der Waals surface area contributed by atoms with Gasteiger partial charge in [0.25, 0.3) is 11.7 Å². The van der Waals surface area contributed by atoms with Crippen molar-refractivity contribution in [2.45, 2.75) is 33.2 Å². The average molecular weight is 407 g/mol. The SMILES string of the molecule is Cc1cccc(C2/C(=C(\O)c3cc(C)ccc3C)C(=O)C(=O)N2CCCN(C)C)c1. The Morgan fingerprint density at radius 1 is 1.03 bits per heavy atom. The summed E-state index contributed by atoms with van der Waals surface area (Å²) in [5, 5.41) is 11.2. The molecule has 1 unspecified atom stereocenters. The predicted molar refractivity (Wildman–Crippen MR) is 119 cm³/mol. The third-order valence-corrected chi connectivity index (χ3v) is 5.55. The maximum Gasteiger partial charge on any atom is 0.295 e. The number of ketones is 1. The second kappa shape index (κ2) is 8.84. The lowest BCUT2D eigenvalue weighted by Gasteiger charge is -2.26. The Kier molecular flexibility index (Phi) is 6.42. The summed E-state index contributed by atoms with van der Waals surface area (Å²) >= 11 is 0. The third-order valence-electron chi connectivity index (χ3n) is 5.55. The van der Waals surface area contributed by atoms with Crippen molar-refractivity contribution in [3.05, 3.63) is 75.9 Å². The van der Waals surface area contributed by atoms with Crippen molar-refractivity contribution >= 4 is 17.4 Å². The van der Waals surface area contributed by atoms with Crippen LogP contribution in [0.2, 0.25) is 0 Å². The number of nitrogens with zero attached hydrogens (tertiary/aromatic N) is 2. The minimum Gasteiger partial charge on any atom is -0.507 e. The van der Waals surface area contributed by atoms with Crippen LogP contribution in [0.3, 0.4) is 0 Å². The molecular formula is C25H30N2O3. The van der Waals surface area contributed by atoms with E-state index >= 15 is 0 Å². The Balaban J connectivity index is 2.15. The van der Waals surface area contributed by atoms with Gasteiger partial charge in [-0.25, -0.2) is 0 Å². The van der Waals surface area contributed by atoms with E-state index in [2.05, 4.69) is 0 Å². The molecule has 1 N–H and O–H groups in total. The zero-order valence-corrected chi connectivity index (χ0v) is 18.4. The summed E-state index contributed by atoms with van der Waals surface area (Å²) in [4.78, 5) is 29.7. The van der Waals surface area contributed by atoms with Crippen molar-refractivity contribution < 1.29 is 14.7 Å². The highest BCUT2D eigenvalue weighted by atomic mass is 16.3. The van der Waals surface area contributed by atoms with Gasteiger partial charge in [0.1, 0.15) is 5.76 Å². The van der Waals surface area contributed by atoms with E-state index in [9.17, 15) is 14.7 Å². The average Bonchev–Trinajstić information content (AvgIpc) is 2.94. The smallest absolute Gasteiger partial charge is 0.295 e. The molecule has 158 valence electrons. The second-order valence-corrected chi connectivity index (χ2v) is 8.38. The van der Waals surface area contributed by atoms with Crippen LogP contribution < -0.4 is 0 Å². The maximum absolute atomic E-state index is 13.1. The van der Waals surface area contributed by atoms with E-state index in [1.165, 1.54) is 0 Å². The summed E-state index contributed by atoms with van der Waals surface area (Å²) in [5.41, 5.74) is 4.49. The van der Waals surface area contributed by atoms with Gasteiger partial charge in [0.2, 0.25) is 0 Å². The lowest BCUT2D eigenvalue weighted by atomic mass is 9.92. The van der Waals surface area contributed by atoms with Gasteiger partial charge in [0.15, 0.2) is 0 Å². The first-order chi connectivity index (χ1) is 14.2. The van der Waals surface area contributed by atoms with Crippen molar-refractivity contribution in [1.82, 2.24) is 9.80 Å². The first-order valence-corrected chi connectivity index (χ1v) is 10.3. The highest BCUT2D eigenvalue weighted by molar-refractivity contribution is 6.46. The fraction of sp³-hybridized carbons (Fsp3) is 0.360. The third kappa shape index (κ3) is 4.31. The molecule has 2 aromatic carbocycles. The first-order valence-electron chi connectivity index (χ1n) is 10.3. The first kappa shape index (κ1) is 21.8. The summed E-state index contributed by atoms with van der Waals surface area (Å²) < 4.78 is 0. The van der Waals surface area contributed by atoms with Gasteiger partial charge < -0.3 is 14.9 Å². The van der Waals surface area contributed by atoms with Crippen molar-refractivity contribution in [3.63, 3.8) is 0 Å². The number of benzene rings is 2. The molecular weight excluding hydrogens is 376 g/mol. The van der Waals surface area contributed by atoms with E-state index in [-0.39, 0.29) is 11.3 Å². The number of Topliss-reactive ketones (excluding diaryl/α,β-unsaturated/α-hetero) is 1. The number of hydrogen-bond donors (Lipinski definition) is 1. The molecule has 30 heavy (non-hydrogen) atoms. The molecule has 0 bridgehead atoms. The number of carbonyl (C=O) groups is 2. The minimum atomic E-state index is -0.621. The van der Waals surface area contributed by atoms with Gasteiger partial charge in [-0.1, -0.05) is 47.5 Å². The molecule has 0 spiro atoms. The quantitative estimate of drug-likeness (QED) is 0.448. The predicted octanol–water partition coefficient (Wildman–Crippen LogP) is 3.99. The molecule has 1 heterocycles. The Hall–Kier alpha value is -2.92. The van der Waals surface area contributed by atoms with Gasteiger partial charge in [-0.2, -0.15) is 0 Å². The molecule has 5 nitrogen and oxygen atoms in total.